The van der Waals surface area contributed by atoms with Crippen molar-refractivity contribution in [1.29, 1.82) is 0 Å². The van der Waals surface area contributed by atoms with Crippen molar-refractivity contribution in [2.24, 2.45) is 0 Å². The van der Waals surface area contributed by atoms with Gasteiger partial charge in [0, 0.05) is 5.69 Å². The van der Waals surface area contributed by atoms with Crippen molar-refractivity contribution in [1.82, 2.24) is 0 Å². The number of methoxy groups -OCH3 is 1. The number of aliphatic carboxylic acids is 1. The number of ether oxygens (including phenoxy) is 1. The lowest BCUT2D eigenvalue weighted by Gasteiger charge is -2.30. The topological polar surface area (TPSA) is 87.1 Å². The molecule has 0 unspecified atom stereocenters. The van der Waals surface area contributed by atoms with Crippen molar-refractivity contribution >= 4 is 17.7 Å². The van der Waals surface area contributed by atoms with Crippen LogP contribution in [0.4, 0.5) is 10.5 Å². The van der Waals surface area contributed by atoms with Gasteiger partial charge in [0.15, 0.2) is 6.04 Å². The standard InChI is InChI=1S/C18H25NO5/c1-12(20)16(17(21)22)19(18(23)24-2)15-10-8-14(9-11-15)13-6-4-3-5-7-13/h8-13,16,20H,3-7H2,1-2H3,(H,21,22)/t12-,16+/m0/s1. The Balaban J connectivity index is 2.29. The van der Waals surface area contributed by atoms with Crippen LogP contribution in [0.3, 0.4) is 0 Å². The van der Waals surface area contributed by atoms with Gasteiger partial charge in [-0.15, -0.1) is 0 Å². The number of carboxylic acid groups (broad SMARTS) is 1. The summed E-state index contributed by atoms with van der Waals surface area (Å²) in [5, 5.41) is 19.2. The lowest BCUT2D eigenvalue weighted by molar-refractivity contribution is -0.140. The first-order valence-electron chi connectivity index (χ1n) is 8.33. The summed E-state index contributed by atoms with van der Waals surface area (Å²) in [6, 6.07) is 5.90. The van der Waals surface area contributed by atoms with E-state index in [-0.39, 0.29) is 0 Å². The molecular formula is C18H25NO5. The highest BCUT2D eigenvalue weighted by atomic mass is 16.5. The Morgan fingerprint density at radius 2 is 1.75 bits per heavy atom. The van der Waals surface area contributed by atoms with E-state index in [2.05, 4.69) is 0 Å². The van der Waals surface area contributed by atoms with Gasteiger partial charge in [0.1, 0.15) is 0 Å². The number of aliphatic hydroxyl groups is 1. The van der Waals surface area contributed by atoms with Crippen molar-refractivity contribution in [3.05, 3.63) is 29.8 Å². The monoisotopic (exact) mass is 335 g/mol. The third-order valence-corrected chi connectivity index (χ3v) is 4.61. The second-order valence-corrected chi connectivity index (χ2v) is 6.29. The first kappa shape index (κ1) is 18.3. The maximum atomic E-state index is 12.1. The molecule has 0 heterocycles. The van der Waals surface area contributed by atoms with E-state index in [0.717, 1.165) is 17.7 Å². The van der Waals surface area contributed by atoms with Gasteiger partial charge in [0.2, 0.25) is 0 Å². The van der Waals surface area contributed by atoms with Gasteiger partial charge in [0.25, 0.3) is 0 Å². The van der Waals surface area contributed by atoms with E-state index in [1.54, 1.807) is 12.1 Å². The normalized spacial score (nSPS) is 17.8. The maximum absolute atomic E-state index is 12.1. The minimum atomic E-state index is -1.40. The molecule has 2 atom stereocenters. The molecule has 0 bridgehead atoms. The van der Waals surface area contributed by atoms with Crippen LogP contribution < -0.4 is 4.90 Å². The lowest BCUT2D eigenvalue weighted by atomic mass is 9.84. The Morgan fingerprint density at radius 1 is 1.17 bits per heavy atom. The molecule has 0 spiro atoms. The van der Waals surface area contributed by atoms with Crippen molar-refractivity contribution in [2.45, 2.75) is 57.1 Å². The molecule has 6 nitrogen and oxygen atoms in total. The fourth-order valence-electron chi connectivity index (χ4n) is 3.35. The van der Waals surface area contributed by atoms with Gasteiger partial charge in [-0.3, -0.25) is 4.90 Å². The van der Waals surface area contributed by atoms with Crippen LogP contribution in [0.25, 0.3) is 0 Å². The number of aliphatic hydroxyl groups excluding tert-OH is 1. The van der Waals surface area contributed by atoms with E-state index in [0.29, 0.717) is 11.6 Å². The zero-order valence-corrected chi connectivity index (χ0v) is 14.1. The van der Waals surface area contributed by atoms with Crippen LogP contribution in [-0.2, 0) is 9.53 Å². The number of nitrogens with zero attached hydrogens (tertiary/aromatic N) is 1. The molecule has 0 aliphatic heterocycles. The molecule has 0 radical (unpaired) electrons. The van der Waals surface area contributed by atoms with Crippen LogP contribution in [0.5, 0.6) is 0 Å². The van der Waals surface area contributed by atoms with Gasteiger partial charge in [-0.25, -0.2) is 9.59 Å². The first-order chi connectivity index (χ1) is 11.5. The van der Waals surface area contributed by atoms with E-state index >= 15 is 0 Å². The van der Waals surface area contributed by atoms with Crippen LogP contribution in [-0.4, -0.2) is 41.5 Å². The van der Waals surface area contributed by atoms with Crippen LogP contribution >= 0.6 is 0 Å². The first-order valence-corrected chi connectivity index (χ1v) is 8.33. The van der Waals surface area contributed by atoms with Gasteiger partial charge >= 0.3 is 12.1 Å². The zero-order chi connectivity index (χ0) is 17.7. The summed E-state index contributed by atoms with van der Waals surface area (Å²) >= 11 is 0. The Hall–Kier alpha value is -2.08. The summed E-state index contributed by atoms with van der Waals surface area (Å²) in [7, 11) is 1.19. The molecule has 1 saturated carbocycles. The molecule has 1 aliphatic carbocycles. The highest BCUT2D eigenvalue weighted by molar-refractivity contribution is 5.95. The van der Waals surface area contributed by atoms with E-state index in [1.165, 1.54) is 38.9 Å². The third kappa shape index (κ3) is 4.06. The minimum absolute atomic E-state index is 0.398. The highest BCUT2D eigenvalue weighted by Gasteiger charge is 2.35. The van der Waals surface area contributed by atoms with E-state index in [1.807, 2.05) is 12.1 Å². The molecule has 24 heavy (non-hydrogen) atoms. The molecule has 1 aromatic carbocycles. The molecule has 0 aromatic heterocycles. The Labute approximate surface area is 142 Å². The Morgan fingerprint density at radius 3 is 2.21 bits per heavy atom. The quantitative estimate of drug-likeness (QED) is 0.863. The number of carbonyl (C=O) groups excluding carboxylic acids is 1. The summed E-state index contributed by atoms with van der Waals surface area (Å²) in [4.78, 5) is 24.5. The van der Waals surface area contributed by atoms with Crippen LogP contribution in [0.15, 0.2) is 24.3 Å². The van der Waals surface area contributed by atoms with Gasteiger partial charge in [-0.05, 0) is 43.4 Å². The van der Waals surface area contributed by atoms with Crippen molar-refractivity contribution in [3.63, 3.8) is 0 Å². The van der Waals surface area contributed by atoms with Crippen LogP contribution in [0.2, 0.25) is 0 Å². The summed E-state index contributed by atoms with van der Waals surface area (Å²) in [5.74, 6) is -0.766. The molecule has 132 valence electrons. The van der Waals surface area contributed by atoms with Crippen molar-refractivity contribution in [3.8, 4) is 0 Å². The number of carbonyl (C=O) groups is 2. The van der Waals surface area contributed by atoms with Crippen LogP contribution in [0.1, 0.15) is 50.5 Å². The number of rotatable bonds is 5. The largest absolute Gasteiger partial charge is 0.480 e. The number of anilines is 1. The smallest absolute Gasteiger partial charge is 0.414 e. The fourth-order valence-corrected chi connectivity index (χ4v) is 3.35. The Kier molecular flexibility index (Phi) is 6.20. The molecular weight excluding hydrogens is 310 g/mol. The Bertz CT molecular complexity index is 563. The molecule has 2 N–H and O–H groups in total. The number of hydrogen-bond donors (Lipinski definition) is 2. The van der Waals surface area contributed by atoms with E-state index < -0.39 is 24.2 Å². The van der Waals surface area contributed by atoms with Gasteiger partial charge in [-0.1, -0.05) is 31.4 Å². The highest BCUT2D eigenvalue weighted by Crippen LogP contribution is 2.33. The maximum Gasteiger partial charge on any atom is 0.414 e. The number of hydrogen-bond acceptors (Lipinski definition) is 4. The molecule has 1 amide bonds. The molecule has 1 fully saturated rings. The van der Waals surface area contributed by atoms with Crippen LogP contribution in [0, 0.1) is 0 Å². The molecule has 6 heteroatoms. The average molecular weight is 335 g/mol. The third-order valence-electron chi connectivity index (χ3n) is 4.61. The number of carboxylic acids is 1. The minimum Gasteiger partial charge on any atom is -0.480 e. The zero-order valence-electron chi connectivity index (χ0n) is 14.1. The molecule has 1 aromatic rings. The predicted octanol–water partition coefficient (Wildman–Crippen LogP) is 3.14. The van der Waals surface area contributed by atoms with E-state index in [9.17, 15) is 19.8 Å². The summed E-state index contributed by atoms with van der Waals surface area (Å²) in [6.45, 7) is 1.34. The summed E-state index contributed by atoms with van der Waals surface area (Å²) < 4.78 is 4.71. The number of benzene rings is 1. The molecule has 2 rings (SSSR count). The van der Waals surface area contributed by atoms with Crippen molar-refractivity contribution in [2.75, 3.05) is 12.0 Å². The number of amides is 1. The molecule has 1 aliphatic rings. The van der Waals surface area contributed by atoms with Gasteiger partial charge in [-0.2, -0.15) is 0 Å². The van der Waals surface area contributed by atoms with Gasteiger partial charge in [0.05, 0.1) is 13.2 Å². The molecule has 0 saturated heterocycles. The second kappa shape index (κ2) is 8.15. The lowest BCUT2D eigenvalue weighted by Crippen LogP contribution is -2.51. The van der Waals surface area contributed by atoms with E-state index in [4.69, 9.17) is 4.74 Å². The predicted molar refractivity (Wildman–Crippen MR) is 90.3 cm³/mol. The fraction of sp³-hybridized carbons (Fsp3) is 0.556. The second-order valence-electron chi connectivity index (χ2n) is 6.29. The summed E-state index contributed by atoms with van der Waals surface area (Å²) in [6.07, 6.45) is 4.00. The summed E-state index contributed by atoms with van der Waals surface area (Å²) in [5.41, 5.74) is 1.60. The van der Waals surface area contributed by atoms with Crippen molar-refractivity contribution < 1.29 is 24.5 Å². The average Bonchev–Trinajstić information content (AvgIpc) is 2.59. The van der Waals surface area contributed by atoms with Gasteiger partial charge < -0.3 is 14.9 Å². The SMILES string of the molecule is COC(=O)N(c1ccc(C2CCCCC2)cc1)[C@@H](C(=O)O)[C@H](C)O.